The Hall–Kier alpha value is -0.860. The van der Waals surface area contributed by atoms with E-state index in [1.807, 2.05) is 11.3 Å². The van der Waals surface area contributed by atoms with Gasteiger partial charge in [-0.15, -0.1) is 11.3 Å². The highest BCUT2D eigenvalue weighted by atomic mass is 32.1. The minimum atomic E-state index is 0.261. The molecule has 2 aromatic rings. The predicted molar refractivity (Wildman–Crippen MR) is 61.5 cm³/mol. The van der Waals surface area contributed by atoms with Crippen molar-refractivity contribution in [2.45, 2.75) is 18.9 Å². The quantitative estimate of drug-likeness (QED) is 0.796. The molecule has 1 aromatic carbocycles. The number of benzene rings is 1. The van der Waals surface area contributed by atoms with Gasteiger partial charge in [0, 0.05) is 10.7 Å². The van der Waals surface area contributed by atoms with Crippen molar-refractivity contribution in [1.29, 1.82) is 0 Å². The van der Waals surface area contributed by atoms with Crippen LogP contribution in [0.5, 0.6) is 0 Å². The molecule has 72 valence electrons. The van der Waals surface area contributed by atoms with Gasteiger partial charge in [-0.25, -0.2) is 0 Å². The first-order chi connectivity index (χ1) is 6.86. The van der Waals surface area contributed by atoms with Gasteiger partial charge in [0.2, 0.25) is 0 Å². The van der Waals surface area contributed by atoms with E-state index in [1.165, 1.54) is 28.5 Å². The molecule has 14 heavy (non-hydrogen) atoms. The van der Waals surface area contributed by atoms with Crippen molar-refractivity contribution in [3.63, 3.8) is 0 Å². The van der Waals surface area contributed by atoms with E-state index < -0.39 is 0 Å². The van der Waals surface area contributed by atoms with Crippen LogP contribution in [-0.4, -0.2) is 0 Å². The fourth-order valence-corrected chi connectivity index (χ4v) is 2.95. The number of fused-ring (bicyclic) bond motifs is 1. The second-order valence-electron chi connectivity index (χ2n) is 4.05. The second-order valence-corrected chi connectivity index (χ2v) is 4.97. The van der Waals surface area contributed by atoms with E-state index in [9.17, 15) is 0 Å². The SMILES string of the molecule is NC(c1cccc2ccsc12)C1CC1. The lowest BCUT2D eigenvalue weighted by Crippen LogP contribution is -2.12. The van der Waals surface area contributed by atoms with Crippen LogP contribution in [0.2, 0.25) is 0 Å². The molecule has 2 heteroatoms. The Morgan fingerprint density at radius 3 is 2.93 bits per heavy atom. The number of thiophene rings is 1. The Kier molecular flexibility index (Phi) is 1.85. The minimum Gasteiger partial charge on any atom is -0.324 e. The summed E-state index contributed by atoms with van der Waals surface area (Å²) in [6.07, 6.45) is 2.62. The summed E-state index contributed by atoms with van der Waals surface area (Å²) in [5.74, 6) is 0.739. The predicted octanol–water partition coefficient (Wildman–Crippen LogP) is 3.31. The Balaban J connectivity index is 2.14. The number of rotatable bonds is 2. The molecule has 0 spiro atoms. The first-order valence-corrected chi connectivity index (χ1v) is 5.96. The molecule has 3 rings (SSSR count). The highest BCUT2D eigenvalue weighted by Crippen LogP contribution is 2.42. The van der Waals surface area contributed by atoms with Gasteiger partial charge in [0.05, 0.1) is 0 Å². The molecule has 0 bridgehead atoms. The van der Waals surface area contributed by atoms with E-state index in [1.54, 1.807) is 0 Å². The third-order valence-electron chi connectivity index (χ3n) is 3.00. The first kappa shape index (κ1) is 8.45. The zero-order valence-corrected chi connectivity index (χ0v) is 8.76. The van der Waals surface area contributed by atoms with E-state index in [0.29, 0.717) is 0 Å². The summed E-state index contributed by atoms with van der Waals surface area (Å²) in [5, 5.41) is 3.48. The van der Waals surface area contributed by atoms with Crippen LogP contribution in [0, 0.1) is 5.92 Å². The largest absolute Gasteiger partial charge is 0.324 e. The molecule has 1 nitrogen and oxygen atoms in total. The van der Waals surface area contributed by atoms with Crippen LogP contribution in [-0.2, 0) is 0 Å². The van der Waals surface area contributed by atoms with Crippen LogP contribution in [0.4, 0.5) is 0 Å². The van der Waals surface area contributed by atoms with Gasteiger partial charge in [0.25, 0.3) is 0 Å². The molecular formula is C12H13NS. The average molecular weight is 203 g/mol. The molecule has 1 saturated carbocycles. The Morgan fingerprint density at radius 1 is 1.29 bits per heavy atom. The third kappa shape index (κ3) is 1.26. The molecule has 1 aliphatic carbocycles. The Bertz CT molecular complexity index is 456. The molecule has 1 heterocycles. The zero-order chi connectivity index (χ0) is 9.54. The maximum absolute atomic E-state index is 6.23. The molecule has 0 aliphatic heterocycles. The van der Waals surface area contributed by atoms with Crippen molar-refractivity contribution >= 4 is 21.4 Å². The van der Waals surface area contributed by atoms with Gasteiger partial charge < -0.3 is 5.73 Å². The lowest BCUT2D eigenvalue weighted by molar-refractivity contribution is 0.639. The van der Waals surface area contributed by atoms with Gasteiger partial charge >= 0.3 is 0 Å². The van der Waals surface area contributed by atoms with Gasteiger partial charge in [-0.3, -0.25) is 0 Å². The second kappa shape index (κ2) is 3.07. The van der Waals surface area contributed by atoms with Gasteiger partial charge in [0.1, 0.15) is 0 Å². The molecular weight excluding hydrogens is 190 g/mol. The van der Waals surface area contributed by atoms with Crippen LogP contribution in [0.1, 0.15) is 24.4 Å². The van der Waals surface area contributed by atoms with Crippen LogP contribution in [0.25, 0.3) is 10.1 Å². The van der Waals surface area contributed by atoms with E-state index in [4.69, 9.17) is 5.73 Å². The molecule has 1 atom stereocenters. The topological polar surface area (TPSA) is 26.0 Å². The average Bonchev–Trinajstić information content (AvgIpc) is 2.94. The standard InChI is InChI=1S/C12H13NS/c13-11(8-4-5-8)10-3-1-2-9-6-7-14-12(9)10/h1-3,6-8,11H,4-5,13H2. The van der Waals surface area contributed by atoms with Gasteiger partial charge in [-0.1, -0.05) is 18.2 Å². The summed E-state index contributed by atoms with van der Waals surface area (Å²) in [4.78, 5) is 0. The molecule has 1 aliphatic rings. The summed E-state index contributed by atoms with van der Waals surface area (Å²) in [5.41, 5.74) is 7.58. The van der Waals surface area contributed by atoms with Crippen molar-refractivity contribution in [2.75, 3.05) is 0 Å². The smallest absolute Gasteiger partial charge is 0.0390 e. The van der Waals surface area contributed by atoms with E-state index >= 15 is 0 Å². The zero-order valence-electron chi connectivity index (χ0n) is 7.94. The maximum Gasteiger partial charge on any atom is 0.0390 e. The van der Waals surface area contributed by atoms with Crippen molar-refractivity contribution in [1.82, 2.24) is 0 Å². The van der Waals surface area contributed by atoms with E-state index in [-0.39, 0.29) is 6.04 Å². The fourth-order valence-electron chi connectivity index (χ4n) is 1.99. The monoisotopic (exact) mass is 203 g/mol. The lowest BCUT2D eigenvalue weighted by atomic mass is 10.0. The molecule has 1 fully saturated rings. The highest BCUT2D eigenvalue weighted by molar-refractivity contribution is 7.17. The number of hydrogen-bond acceptors (Lipinski definition) is 2. The van der Waals surface area contributed by atoms with E-state index in [0.717, 1.165) is 5.92 Å². The number of hydrogen-bond donors (Lipinski definition) is 1. The molecule has 0 amide bonds. The Labute approximate surface area is 87.5 Å². The molecule has 1 aromatic heterocycles. The molecule has 0 saturated heterocycles. The van der Waals surface area contributed by atoms with Crippen LogP contribution >= 0.6 is 11.3 Å². The summed E-state index contributed by atoms with van der Waals surface area (Å²) in [7, 11) is 0. The minimum absolute atomic E-state index is 0.261. The van der Waals surface area contributed by atoms with Crippen molar-refractivity contribution in [2.24, 2.45) is 11.7 Å². The summed E-state index contributed by atoms with van der Waals surface area (Å²) < 4.78 is 1.38. The van der Waals surface area contributed by atoms with Crippen LogP contribution in [0.3, 0.4) is 0 Å². The highest BCUT2D eigenvalue weighted by Gasteiger charge is 2.30. The summed E-state index contributed by atoms with van der Waals surface area (Å²) in [6, 6.07) is 8.89. The Morgan fingerprint density at radius 2 is 2.14 bits per heavy atom. The summed E-state index contributed by atoms with van der Waals surface area (Å²) in [6.45, 7) is 0. The normalized spacial score (nSPS) is 18.6. The molecule has 2 N–H and O–H groups in total. The summed E-state index contributed by atoms with van der Waals surface area (Å²) >= 11 is 1.81. The van der Waals surface area contributed by atoms with Gasteiger partial charge in [-0.2, -0.15) is 0 Å². The van der Waals surface area contributed by atoms with Crippen LogP contribution < -0.4 is 5.73 Å². The van der Waals surface area contributed by atoms with E-state index in [2.05, 4.69) is 29.6 Å². The molecule has 1 unspecified atom stereocenters. The lowest BCUT2D eigenvalue weighted by Gasteiger charge is -2.11. The third-order valence-corrected chi connectivity index (χ3v) is 3.98. The van der Waals surface area contributed by atoms with Crippen LogP contribution in [0.15, 0.2) is 29.6 Å². The van der Waals surface area contributed by atoms with Crippen molar-refractivity contribution in [3.8, 4) is 0 Å². The fraction of sp³-hybridized carbons (Fsp3) is 0.333. The first-order valence-electron chi connectivity index (χ1n) is 5.08. The molecule has 0 radical (unpaired) electrons. The van der Waals surface area contributed by atoms with Crippen molar-refractivity contribution in [3.05, 3.63) is 35.2 Å². The van der Waals surface area contributed by atoms with Gasteiger partial charge in [-0.05, 0) is 41.2 Å². The van der Waals surface area contributed by atoms with Crippen molar-refractivity contribution < 1.29 is 0 Å². The maximum atomic E-state index is 6.23. The number of nitrogens with two attached hydrogens (primary N) is 1. The van der Waals surface area contributed by atoms with Gasteiger partial charge in [0.15, 0.2) is 0 Å².